The van der Waals surface area contributed by atoms with Gasteiger partial charge < -0.3 is 14.8 Å². The molecule has 0 bridgehead atoms. The van der Waals surface area contributed by atoms with E-state index in [1.807, 2.05) is 38.1 Å². The van der Waals surface area contributed by atoms with E-state index >= 15 is 0 Å². The third kappa shape index (κ3) is 4.75. The van der Waals surface area contributed by atoms with E-state index in [1.165, 1.54) is 0 Å². The molecule has 0 aromatic heterocycles. The SMILES string of the molecule is COC[C@@H](C)NC(=O)[C@@H](C)Oc1ccc(C)cc1. The van der Waals surface area contributed by atoms with E-state index in [4.69, 9.17) is 9.47 Å². The van der Waals surface area contributed by atoms with E-state index in [2.05, 4.69) is 5.32 Å². The minimum Gasteiger partial charge on any atom is -0.481 e. The van der Waals surface area contributed by atoms with Gasteiger partial charge in [0, 0.05) is 13.2 Å². The van der Waals surface area contributed by atoms with Crippen molar-refractivity contribution in [3.63, 3.8) is 0 Å². The summed E-state index contributed by atoms with van der Waals surface area (Å²) >= 11 is 0. The summed E-state index contributed by atoms with van der Waals surface area (Å²) in [5, 5.41) is 2.82. The van der Waals surface area contributed by atoms with Crippen LogP contribution in [0.1, 0.15) is 19.4 Å². The van der Waals surface area contributed by atoms with Gasteiger partial charge >= 0.3 is 0 Å². The first-order chi connectivity index (χ1) is 8.52. The van der Waals surface area contributed by atoms with Crippen molar-refractivity contribution in [2.75, 3.05) is 13.7 Å². The van der Waals surface area contributed by atoms with Crippen molar-refractivity contribution in [3.05, 3.63) is 29.8 Å². The molecule has 1 amide bonds. The highest BCUT2D eigenvalue weighted by Crippen LogP contribution is 2.13. The van der Waals surface area contributed by atoms with Crippen LogP contribution in [0.2, 0.25) is 0 Å². The summed E-state index contributed by atoms with van der Waals surface area (Å²) in [6.07, 6.45) is -0.521. The van der Waals surface area contributed by atoms with E-state index in [0.29, 0.717) is 12.4 Å². The third-order valence-electron chi connectivity index (χ3n) is 2.51. The number of amides is 1. The zero-order valence-electron chi connectivity index (χ0n) is 11.4. The molecule has 0 aliphatic rings. The van der Waals surface area contributed by atoms with Gasteiger partial charge in [0.1, 0.15) is 5.75 Å². The second kappa shape index (κ2) is 7.01. The lowest BCUT2D eigenvalue weighted by Gasteiger charge is -2.18. The highest BCUT2D eigenvalue weighted by molar-refractivity contribution is 5.80. The molecule has 2 atom stereocenters. The van der Waals surface area contributed by atoms with Gasteiger partial charge in [0.2, 0.25) is 0 Å². The lowest BCUT2D eigenvalue weighted by Crippen LogP contribution is -2.43. The maximum Gasteiger partial charge on any atom is 0.261 e. The Labute approximate surface area is 108 Å². The van der Waals surface area contributed by atoms with E-state index < -0.39 is 6.10 Å². The molecule has 0 fully saturated rings. The van der Waals surface area contributed by atoms with Crippen molar-refractivity contribution in [1.82, 2.24) is 5.32 Å². The van der Waals surface area contributed by atoms with Crippen LogP contribution in [0.3, 0.4) is 0 Å². The average molecular weight is 251 g/mol. The Morgan fingerprint density at radius 3 is 2.44 bits per heavy atom. The van der Waals surface area contributed by atoms with E-state index in [1.54, 1.807) is 14.0 Å². The number of rotatable bonds is 6. The molecule has 0 aliphatic heterocycles. The fourth-order valence-electron chi connectivity index (χ4n) is 1.53. The Bertz CT molecular complexity index is 375. The van der Waals surface area contributed by atoms with Crippen LogP contribution in [-0.4, -0.2) is 31.8 Å². The lowest BCUT2D eigenvalue weighted by atomic mass is 10.2. The standard InChI is InChI=1S/C14H21NO3/c1-10-5-7-13(8-6-10)18-12(3)14(16)15-11(2)9-17-4/h5-8,11-12H,9H2,1-4H3,(H,15,16)/t11-,12-/m1/s1. The second-order valence-corrected chi connectivity index (χ2v) is 4.44. The van der Waals surface area contributed by atoms with Gasteiger partial charge in [-0.05, 0) is 32.9 Å². The van der Waals surface area contributed by atoms with Crippen LogP contribution >= 0.6 is 0 Å². The van der Waals surface area contributed by atoms with Crippen LogP contribution in [0.5, 0.6) is 5.75 Å². The monoisotopic (exact) mass is 251 g/mol. The predicted octanol–water partition coefficient (Wildman–Crippen LogP) is 1.91. The van der Waals surface area contributed by atoms with Gasteiger partial charge in [0.25, 0.3) is 5.91 Å². The first kappa shape index (κ1) is 14.5. The number of methoxy groups -OCH3 is 1. The number of nitrogens with one attached hydrogen (secondary N) is 1. The van der Waals surface area contributed by atoms with Crippen LogP contribution in [0, 0.1) is 6.92 Å². The van der Waals surface area contributed by atoms with Gasteiger partial charge in [-0.15, -0.1) is 0 Å². The number of ether oxygens (including phenoxy) is 2. The Kier molecular flexibility index (Phi) is 5.65. The van der Waals surface area contributed by atoms with Gasteiger partial charge in [0.05, 0.1) is 6.61 Å². The Morgan fingerprint density at radius 2 is 1.89 bits per heavy atom. The van der Waals surface area contributed by atoms with Gasteiger partial charge in [-0.25, -0.2) is 0 Å². The molecule has 0 radical (unpaired) electrons. The summed E-state index contributed by atoms with van der Waals surface area (Å²) in [5.74, 6) is 0.558. The molecule has 4 heteroatoms. The maximum absolute atomic E-state index is 11.8. The molecule has 0 spiro atoms. The minimum atomic E-state index is -0.521. The van der Waals surface area contributed by atoms with Gasteiger partial charge in [-0.2, -0.15) is 0 Å². The van der Waals surface area contributed by atoms with Crippen molar-refractivity contribution in [2.24, 2.45) is 0 Å². The molecule has 1 rings (SSSR count). The molecule has 1 aromatic carbocycles. The lowest BCUT2D eigenvalue weighted by molar-refractivity contribution is -0.128. The molecule has 100 valence electrons. The molecule has 0 saturated carbocycles. The zero-order valence-corrected chi connectivity index (χ0v) is 11.4. The molecule has 1 N–H and O–H groups in total. The van der Waals surface area contributed by atoms with Crippen molar-refractivity contribution in [3.8, 4) is 5.75 Å². The third-order valence-corrected chi connectivity index (χ3v) is 2.51. The predicted molar refractivity (Wildman–Crippen MR) is 70.7 cm³/mol. The molecule has 4 nitrogen and oxygen atoms in total. The first-order valence-electron chi connectivity index (χ1n) is 6.05. The maximum atomic E-state index is 11.8. The molecular formula is C14H21NO3. The Hall–Kier alpha value is -1.55. The minimum absolute atomic E-state index is 0.0217. The Balaban J connectivity index is 2.46. The Morgan fingerprint density at radius 1 is 1.28 bits per heavy atom. The van der Waals surface area contributed by atoms with Gasteiger partial charge in [-0.3, -0.25) is 4.79 Å². The van der Waals surface area contributed by atoms with Gasteiger partial charge in [-0.1, -0.05) is 17.7 Å². The number of hydrogen-bond donors (Lipinski definition) is 1. The summed E-state index contributed by atoms with van der Waals surface area (Å²) in [6, 6.07) is 7.60. The fraction of sp³-hybridized carbons (Fsp3) is 0.500. The number of aryl methyl sites for hydroxylation is 1. The van der Waals surface area contributed by atoms with E-state index in [-0.39, 0.29) is 11.9 Å². The van der Waals surface area contributed by atoms with E-state index in [0.717, 1.165) is 5.56 Å². The average Bonchev–Trinajstić information content (AvgIpc) is 2.32. The van der Waals surface area contributed by atoms with Crippen LogP contribution in [0.25, 0.3) is 0 Å². The number of benzene rings is 1. The molecule has 0 aliphatic carbocycles. The highest BCUT2D eigenvalue weighted by atomic mass is 16.5. The first-order valence-corrected chi connectivity index (χ1v) is 6.05. The molecule has 0 saturated heterocycles. The summed E-state index contributed by atoms with van der Waals surface area (Å²) in [6.45, 7) is 6.12. The topological polar surface area (TPSA) is 47.6 Å². The van der Waals surface area contributed by atoms with Crippen molar-refractivity contribution >= 4 is 5.91 Å². The molecular weight excluding hydrogens is 230 g/mol. The van der Waals surface area contributed by atoms with Crippen LogP contribution < -0.4 is 10.1 Å². The summed E-state index contributed by atoms with van der Waals surface area (Å²) < 4.78 is 10.5. The smallest absolute Gasteiger partial charge is 0.261 e. The molecule has 0 heterocycles. The molecule has 0 unspecified atom stereocenters. The summed E-state index contributed by atoms with van der Waals surface area (Å²) in [4.78, 5) is 11.8. The van der Waals surface area contributed by atoms with Crippen LogP contribution in [0.15, 0.2) is 24.3 Å². The molecule has 1 aromatic rings. The fourth-order valence-corrected chi connectivity index (χ4v) is 1.53. The second-order valence-electron chi connectivity index (χ2n) is 4.44. The molecule has 18 heavy (non-hydrogen) atoms. The number of hydrogen-bond acceptors (Lipinski definition) is 3. The normalized spacial score (nSPS) is 13.8. The highest BCUT2D eigenvalue weighted by Gasteiger charge is 2.16. The largest absolute Gasteiger partial charge is 0.481 e. The van der Waals surface area contributed by atoms with Crippen molar-refractivity contribution < 1.29 is 14.3 Å². The van der Waals surface area contributed by atoms with E-state index in [9.17, 15) is 4.79 Å². The zero-order chi connectivity index (χ0) is 13.5. The quantitative estimate of drug-likeness (QED) is 0.840. The van der Waals surface area contributed by atoms with Crippen LogP contribution in [0.4, 0.5) is 0 Å². The summed E-state index contributed by atoms with van der Waals surface area (Å²) in [7, 11) is 1.61. The number of carbonyl (C=O) groups is 1. The van der Waals surface area contributed by atoms with Crippen molar-refractivity contribution in [1.29, 1.82) is 0 Å². The van der Waals surface area contributed by atoms with Crippen molar-refractivity contribution in [2.45, 2.75) is 32.9 Å². The number of carbonyl (C=O) groups excluding carboxylic acids is 1. The van der Waals surface area contributed by atoms with Crippen LogP contribution in [-0.2, 0) is 9.53 Å². The van der Waals surface area contributed by atoms with Gasteiger partial charge in [0.15, 0.2) is 6.10 Å². The summed E-state index contributed by atoms with van der Waals surface area (Å²) in [5.41, 5.74) is 1.16.